The second-order valence-electron chi connectivity index (χ2n) is 7.77. The Morgan fingerprint density at radius 1 is 1.15 bits per heavy atom. The summed E-state index contributed by atoms with van der Waals surface area (Å²) in [5, 5.41) is 0. The Kier molecular flexibility index (Phi) is 5.49. The first-order chi connectivity index (χ1) is 12.6. The van der Waals surface area contributed by atoms with Crippen LogP contribution in [0.4, 0.5) is 0 Å². The number of fused-ring (bicyclic) bond motifs is 1. The first-order valence-electron chi connectivity index (χ1n) is 9.22. The van der Waals surface area contributed by atoms with Crippen LogP contribution in [0.25, 0.3) is 0 Å². The van der Waals surface area contributed by atoms with Crippen molar-refractivity contribution in [2.75, 3.05) is 0 Å². The Bertz CT molecular complexity index is 902. The van der Waals surface area contributed by atoms with Crippen LogP contribution in [0.15, 0.2) is 47.4 Å². The summed E-state index contributed by atoms with van der Waals surface area (Å²) >= 11 is 0. The molecule has 2 aromatic rings. The van der Waals surface area contributed by atoms with Crippen LogP contribution in [-0.4, -0.2) is 20.1 Å². The molecule has 0 spiro atoms. The Morgan fingerprint density at radius 3 is 2.52 bits per heavy atom. The van der Waals surface area contributed by atoms with E-state index < -0.39 is 10.0 Å². The van der Waals surface area contributed by atoms with Gasteiger partial charge in [-0.15, -0.1) is 0 Å². The lowest BCUT2D eigenvalue weighted by Crippen LogP contribution is -2.32. The Labute approximate surface area is 161 Å². The van der Waals surface area contributed by atoms with E-state index in [-0.39, 0.29) is 23.1 Å². The highest BCUT2D eigenvalue weighted by molar-refractivity contribution is 7.89. The van der Waals surface area contributed by atoms with Gasteiger partial charge in [-0.1, -0.05) is 12.1 Å². The average Bonchev–Trinajstić information content (AvgIpc) is 2.59. The van der Waals surface area contributed by atoms with Gasteiger partial charge in [0.25, 0.3) is 0 Å². The third kappa shape index (κ3) is 5.02. The minimum Gasteiger partial charge on any atom is -0.491 e. The van der Waals surface area contributed by atoms with Crippen molar-refractivity contribution >= 4 is 10.0 Å². The number of benzene rings is 2. The number of hydrogen-bond acceptors (Lipinski definition) is 4. The molecule has 0 fully saturated rings. The molecule has 0 saturated carbocycles. The summed E-state index contributed by atoms with van der Waals surface area (Å²) in [5.41, 5.74) is 1.60. The summed E-state index contributed by atoms with van der Waals surface area (Å²) < 4.78 is 39.5. The molecule has 0 aliphatic carbocycles. The van der Waals surface area contributed by atoms with Gasteiger partial charge in [-0.05, 0) is 82.0 Å². The number of rotatable bonds is 6. The summed E-state index contributed by atoms with van der Waals surface area (Å²) in [6.45, 7) is 8.24. The van der Waals surface area contributed by atoms with Gasteiger partial charge in [0.15, 0.2) is 0 Å². The maximum absolute atomic E-state index is 12.7. The van der Waals surface area contributed by atoms with Gasteiger partial charge in [0.1, 0.15) is 17.1 Å². The van der Waals surface area contributed by atoms with E-state index in [1.165, 1.54) is 0 Å². The van der Waals surface area contributed by atoms with E-state index in [0.29, 0.717) is 0 Å². The number of nitrogens with one attached hydrogen (secondary N) is 1. The molecule has 0 atom stereocenters. The maximum atomic E-state index is 12.7. The third-order valence-electron chi connectivity index (χ3n) is 4.49. The molecule has 0 bridgehead atoms. The maximum Gasteiger partial charge on any atom is 0.240 e. The molecule has 0 unspecified atom stereocenters. The van der Waals surface area contributed by atoms with Gasteiger partial charge in [-0.2, -0.15) is 0 Å². The lowest BCUT2D eigenvalue weighted by Gasteiger charge is -2.32. The largest absolute Gasteiger partial charge is 0.491 e. The van der Waals surface area contributed by atoms with Crippen LogP contribution in [0.3, 0.4) is 0 Å². The highest BCUT2D eigenvalue weighted by Crippen LogP contribution is 2.34. The fourth-order valence-electron chi connectivity index (χ4n) is 3.02. The predicted octanol–water partition coefficient (Wildman–Crippen LogP) is 4.06. The van der Waals surface area contributed by atoms with E-state index >= 15 is 0 Å². The summed E-state index contributed by atoms with van der Waals surface area (Å²) in [5.74, 6) is 1.54. The van der Waals surface area contributed by atoms with Gasteiger partial charge in [0.2, 0.25) is 10.0 Å². The normalized spacial score (nSPS) is 15.9. The smallest absolute Gasteiger partial charge is 0.240 e. The Hall–Kier alpha value is -2.05. The molecule has 0 saturated heterocycles. The molecule has 146 valence electrons. The number of sulfonamides is 1. The van der Waals surface area contributed by atoms with E-state index in [9.17, 15) is 8.42 Å². The predicted molar refractivity (Wildman–Crippen MR) is 106 cm³/mol. The van der Waals surface area contributed by atoms with Crippen molar-refractivity contribution in [3.05, 3.63) is 53.6 Å². The zero-order chi connectivity index (χ0) is 19.7. The molecule has 0 radical (unpaired) electrons. The van der Waals surface area contributed by atoms with E-state index in [1.807, 2.05) is 52.0 Å². The van der Waals surface area contributed by atoms with Gasteiger partial charge >= 0.3 is 0 Å². The van der Waals surface area contributed by atoms with Crippen molar-refractivity contribution in [3.63, 3.8) is 0 Å². The summed E-state index contributed by atoms with van der Waals surface area (Å²) in [6.07, 6.45) is 1.78. The van der Waals surface area contributed by atoms with Crippen molar-refractivity contribution in [1.82, 2.24) is 4.72 Å². The molecule has 1 aliphatic rings. The minimum absolute atomic E-state index is 0.105. The van der Waals surface area contributed by atoms with Gasteiger partial charge < -0.3 is 9.47 Å². The molecule has 1 aliphatic heterocycles. The van der Waals surface area contributed by atoms with Crippen LogP contribution in [0.2, 0.25) is 0 Å². The van der Waals surface area contributed by atoms with Crippen LogP contribution in [0.1, 0.15) is 45.2 Å². The highest BCUT2D eigenvalue weighted by atomic mass is 32.2. The molecule has 1 heterocycles. The van der Waals surface area contributed by atoms with Gasteiger partial charge in [0.05, 0.1) is 11.0 Å². The molecule has 3 rings (SSSR count). The standard InChI is InChI=1S/C21H27NO4S/c1-15(2)25-18-7-5-16(6-8-18)14-22-27(23,24)19-9-10-20-17(13-19)11-12-21(3,4)26-20/h5-10,13,15,22H,11-12,14H2,1-4H3. The van der Waals surface area contributed by atoms with Crippen LogP contribution in [0.5, 0.6) is 11.5 Å². The molecule has 2 aromatic carbocycles. The molecule has 0 amide bonds. The number of ether oxygens (including phenoxy) is 2. The van der Waals surface area contributed by atoms with Crippen molar-refractivity contribution in [3.8, 4) is 11.5 Å². The van der Waals surface area contributed by atoms with Crippen LogP contribution >= 0.6 is 0 Å². The van der Waals surface area contributed by atoms with Crippen molar-refractivity contribution < 1.29 is 17.9 Å². The second kappa shape index (κ2) is 7.52. The molecular formula is C21H27NO4S. The number of aryl methyl sites for hydroxylation is 1. The third-order valence-corrected chi connectivity index (χ3v) is 5.89. The van der Waals surface area contributed by atoms with Gasteiger partial charge in [0, 0.05) is 6.54 Å². The first kappa shape index (κ1) is 19.7. The molecule has 27 heavy (non-hydrogen) atoms. The van der Waals surface area contributed by atoms with Gasteiger partial charge in [-0.3, -0.25) is 0 Å². The SMILES string of the molecule is CC(C)Oc1ccc(CNS(=O)(=O)c2ccc3c(c2)CCC(C)(C)O3)cc1. The van der Waals surface area contributed by atoms with E-state index in [1.54, 1.807) is 18.2 Å². The number of hydrogen-bond donors (Lipinski definition) is 1. The van der Waals surface area contributed by atoms with Crippen LogP contribution in [-0.2, 0) is 23.0 Å². The first-order valence-corrected chi connectivity index (χ1v) is 10.7. The fraction of sp³-hybridized carbons (Fsp3) is 0.429. The fourth-order valence-corrected chi connectivity index (χ4v) is 4.09. The lowest BCUT2D eigenvalue weighted by atomic mass is 9.94. The lowest BCUT2D eigenvalue weighted by molar-refractivity contribution is 0.0845. The average molecular weight is 390 g/mol. The van der Waals surface area contributed by atoms with Crippen molar-refractivity contribution in [2.24, 2.45) is 0 Å². The van der Waals surface area contributed by atoms with E-state index in [4.69, 9.17) is 9.47 Å². The monoisotopic (exact) mass is 389 g/mol. The molecule has 6 heteroatoms. The van der Waals surface area contributed by atoms with Crippen LogP contribution < -0.4 is 14.2 Å². The molecule has 0 aromatic heterocycles. The van der Waals surface area contributed by atoms with Gasteiger partial charge in [-0.25, -0.2) is 13.1 Å². The van der Waals surface area contributed by atoms with E-state index in [0.717, 1.165) is 35.5 Å². The van der Waals surface area contributed by atoms with Crippen molar-refractivity contribution in [2.45, 2.75) is 63.7 Å². The Balaban J connectivity index is 1.68. The summed E-state index contributed by atoms with van der Waals surface area (Å²) in [6, 6.07) is 12.5. The zero-order valence-corrected chi connectivity index (χ0v) is 17.1. The minimum atomic E-state index is -3.59. The topological polar surface area (TPSA) is 64.6 Å². The molecular weight excluding hydrogens is 362 g/mol. The quantitative estimate of drug-likeness (QED) is 0.809. The summed E-state index contributed by atoms with van der Waals surface area (Å²) in [4.78, 5) is 0.268. The summed E-state index contributed by atoms with van der Waals surface area (Å²) in [7, 11) is -3.59. The zero-order valence-electron chi connectivity index (χ0n) is 16.3. The Morgan fingerprint density at radius 2 is 1.85 bits per heavy atom. The van der Waals surface area contributed by atoms with Crippen LogP contribution in [0, 0.1) is 0 Å². The molecule has 5 nitrogen and oxygen atoms in total. The van der Waals surface area contributed by atoms with E-state index in [2.05, 4.69) is 4.72 Å². The second-order valence-corrected chi connectivity index (χ2v) is 9.53. The highest BCUT2D eigenvalue weighted by Gasteiger charge is 2.27. The molecule has 1 N–H and O–H groups in total. The van der Waals surface area contributed by atoms with Crippen molar-refractivity contribution in [1.29, 1.82) is 0 Å².